The van der Waals surface area contributed by atoms with Crippen LogP contribution in [0.15, 0.2) is 30.3 Å². The number of carbonyl (C=O) groups excluding carboxylic acids is 2. The number of aliphatic hydroxyl groups is 1. The number of aliphatic hydroxyl groups excluding tert-OH is 1. The van der Waals surface area contributed by atoms with Crippen molar-refractivity contribution < 1.29 is 19.4 Å². The molecule has 1 saturated heterocycles. The van der Waals surface area contributed by atoms with Gasteiger partial charge in [-0.1, -0.05) is 30.3 Å². The van der Waals surface area contributed by atoms with Crippen molar-refractivity contribution in [3.05, 3.63) is 35.9 Å². The molecule has 124 valence electrons. The van der Waals surface area contributed by atoms with Crippen LogP contribution in [-0.4, -0.2) is 47.7 Å². The van der Waals surface area contributed by atoms with Crippen LogP contribution < -0.4 is 0 Å². The first-order valence-corrected chi connectivity index (χ1v) is 8.18. The highest BCUT2D eigenvalue weighted by Crippen LogP contribution is 2.46. The molecule has 1 heterocycles. The van der Waals surface area contributed by atoms with Gasteiger partial charge in [0.25, 0.3) is 0 Å². The first-order chi connectivity index (χ1) is 11.1. The van der Waals surface area contributed by atoms with Gasteiger partial charge in [-0.2, -0.15) is 0 Å². The van der Waals surface area contributed by atoms with Gasteiger partial charge in [0.2, 0.25) is 5.91 Å². The van der Waals surface area contributed by atoms with E-state index < -0.39 is 11.5 Å². The number of rotatable bonds is 4. The third kappa shape index (κ3) is 2.85. The van der Waals surface area contributed by atoms with Gasteiger partial charge in [0.15, 0.2) is 0 Å². The van der Waals surface area contributed by atoms with E-state index in [-0.39, 0.29) is 24.3 Å². The lowest BCUT2D eigenvalue weighted by Gasteiger charge is -2.47. The molecule has 1 aliphatic heterocycles. The zero-order chi connectivity index (χ0) is 16.4. The number of esters is 1. The van der Waals surface area contributed by atoms with Crippen LogP contribution in [0, 0.1) is 0 Å². The number of likely N-dealkylation sites (tertiary alicyclic amines) is 1. The second-order valence-corrected chi connectivity index (χ2v) is 6.59. The summed E-state index contributed by atoms with van der Waals surface area (Å²) in [5.74, 6) is -0.238. The number of amides is 1. The number of ether oxygens (including phenoxy) is 1. The smallest absolute Gasteiger partial charge is 0.307 e. The molecule has 1 amide bonds. The van der Waals surface area contributed by atoms with Crippen LogP contribution in [0.2, 0.25) is 0 Å². The minimum atomic E-state index is -0.639. The minimum Gasteiger partial charge on any atom is -0.469 e. The quantitative estimate of drug-likeness (QED) is 0.857. The van der Waals surface area contributed by atoms with Gasteiger partial charge in [0, 0.05) is 12.6 Å². The van der Waals surface area contributed by atoms with E-state index in [1.165, 1.54) is 7.11 Å². The molecule has 2 aliphatic rings. The van der Waals surface area contributed by atoms with Crippen molar-refractivity contribution in [2.24, 2.45) is 0 Å². The summed E-state index contributed by atoms with van der Waals surface area (Å²) in [4.78, 5) is 26.7. The Labute approximate surface area is 136 Å². The van der Waals surface area contributed by atoms with E-state index in [2.05, 4.69) is 0 Å². The van der Waals surface area contributed by atoms with E-state index in [1.807, 2.05) is 35.2 Å². The average Bonchev–Trinajstić information content (AvgIpc) is 2.99. The molecular weight excluding hydrogens is 294 g/mol. The van der Waals surface area contributed by atoms with Gasteiger partial charge in [-0.15, -0.1) is 0 Å². The third-order valence-corrected chi connectivity index (χ3v) is 5.17. The SMILES string of the molecule is COC(=O)C[C@H]1CCCN1C(=O)C1(c2ccccc2)CC(O)C1. The molecule has 1 aromatic carbocycles. The van der Waals surface area contributed by atoms with Crippen molar-refractivity contribution in [2.75, 3.05) is 13.7 Å². The predicted octanol–water partition coefficient (Wildman–Crippen LogP) is 1.63. The molecule has 0 spiro atoms. The number of methoxy groups -OCH3 is 1. The van der Waals surface area contributed by atoms with E-state index in [0.717, 1.165) is 18.4 Å². The summed E-state index contributed by atoms with van der Waals surface area (Å²) < 4.78 is 4.75. The van der Waals surface area contributed by atoms with Gasteiger partial charge in [0.05, 0.1) is 25.0 Å². The molecule has 2 fully saturated rings. The van der Waals surface area contributed by atoms with Crippen LogP contribution in [0.1, 0.15) is 37.7 Å². The second kappa shape index (κ2) is 6.32. The Balaban J connectivity index is 1.83. The minimum absolute atomic E-state index is 0.0420. The summed E-state index contributed by atoms with van der Waals surface area (Å²) in [6, 6.07) is 9.58. The van der Waals surface area contributed by atoms with Crippen LogP contribution in [0.3, 0.4) is 0 Å². The Hall–Kier alpha value is -1.88. The standard InChI is InChI=1S/C18H23NO4/c1-23-16(21)10-14-8-5-9-19(14)17(22)18(11-15(20)12-18)13-6-3-2-4-7-13/h2-4,6-7,14-15,20H,5,8-12H2,1H3/t14-,15?,18?/m1/s1. The van der Waals surface area contributed by atoms with Crippen LogP contribution >= 0.6 is 0 Å². The molecule has 0 bridgehead atoms. The summed E-state index contributed by atoms with van der Waals surface area (Å²) >= 11 is 0. The van der Waals surface area contributed by atoms with Crippen molar-refractivity contribution in [1.82, 2.24) is 4.90 Å². The molecule has 3 rings (SSSR count). The van der Waals surface area contributed by atoms with E-state index in [0.29, 0.717) is 19.4 Å². The summed E-state index contributed by atoms with van der Waals surface area (Å²) in [6.45, 7) is 0.672. The topological polar surface area (TPSA) is 66.8 Å². The first kappa shape index (κ1) is 16.0. The summed E-state index contributed by atoms with van der Waals surface area (Å²) in [6.07, 6.45) is 2.46. The number of carbonyl (C=O) groups is 2. The highest BCUT2D eigenvalue weighted by molar-refractivity contribution is 5.90. The van der Waals surface area contributed by atoms with Crippen molar-refractivity contribution in [3.8, 4) is 0 Å². The molecule has 0 radical (unpaired) electrons. The zero-order valence-electron chi connectivity index (χ0n) is 13.4. The lowest BCUT2D eigenvalue weighted by Crippen LogP contribution is -2.57. The number of nitrogens with zero attached hydrogens (tertiary/aromatic N) is 1. The Bertz CT molecular complexity index is 580. The van der Waals surface area contributed by atoms with Crippen LogP contribution in [0.25, 0.3) is 0 Å². The van der Waals surface area contributed by atoms with Gasteiger partial charge in [-0.05, 0) is 31.2 Å². The van der Waals surface area contributed by atoms with Gasteiger partial charge in [-0.3, -0.25) is 9.59 Å². The van der Waals surface area contributed by atoms with E-state index in [4.69, 9.17) is 4.74 Å². The van der Waals surface area contributed by atoms with Gasteiger partial charge < -0.3 is 14.7 Å². The van der Waals surface area contributed by atoms with Crippen molar-refractivity contribution in [2.45, 2.75) is 49.7 Å². The Morgan fingerprint density at radius 1 is 1.30 bits per heavy atom. The molecule has 1 saturated carbocycles. The molecule has 0 unspecified atom stereocenters. The average molecular weight is 317 g/mol. The molecule has 5 nitrogen and oxygen atoms in total. The number of hydrogen-bond acceptors (Lipinski definition) is 4. The molecule has 23 heavy (non-hydrogen) atoms. The summed E-state index contributed by atoms with van der Waals surface area (Å²) in [7, 11) is 1.37. The van der Waals surface area contributed by atoms with Crippen molar-refractivity contribution in [3.63, 3.8) is 0 Å². The summed E-state index contributed by atoms with van der Waals surface area (Å²) in [5.41, 5.74) is 0.318. The largest absolute Gasteiger partial charge is 0.469 e. The molecule has 1 aromatic rings. The van der Waals surface area contributed by atoms with Crippen molar-refractivity contribution in [1.29, 1.82) is 0 Å². The van der Waals surface area contributed by atoms with Crippen LogP contribution in [0.5, 0.6) is 0 Å². The molecule has 1 atom stereocenters. The number of benzene rings is 1. The van der Waals surface area contributed by atoms with Gasteiger partial charge in [0.1, 0.15) is 0 Å². The maximum atomic E-state index is 13.2. The maximum Gasteiger partial charge on any atom is 0.307 e. The van der Waals surface area contributed by atoms with Crippen LogP contribution in [0.4, 0.5) is 0 Å². The predicted molar refractivity (Wildman–Crippen MR) is 84.7 cm³/mol. The molecule has 5 heteroatoms. The van der Waals surface area contributed by atoms with E-state index >= 15 is 0 Å². The third-order valence-electron chi connectivity index (χ3n) is 5.17. The molecule has 0 aromatic heterocycles. The number of hydrogen-bond donors (Lipinski definition) is 1. The van der Waals surface area contributed by atoms with Crippen LogP contribution in [-0.2, 0) is 19.7 Å². The highest BCUT2D eigenvalue weighted by Gasteiger charge is 2.53. The normalized spacial score (nSPS) is 29.9. The van der Waals surface area contributed by atoms with Gasteiger partial charge >= 0.3 is 5.97 Å². The molecular formula is C18H23NO4. The Kier molecular flexibility index (Phi) is 4.39. The van der Waals surface area contributed by atoms with E-state index in [9.17, 15) is 14.7 Å². The Morgan fingerprint density at radius 3 is 2.61 bits per heavy atom. The lowest BCUT2D eigenvalue weighted by molar-refractivity contribution is -0.149. The lowest BCUT2D eigenvalue weighted by atomic mass is 9.61. The summed E-state index contributed by atoms with van der Waals surface area (Å²) in [5, 5.41) is 9.84. The van der Waals surface area contributed by atoms with Gasteiger partial charge in [-0.25, -0.2) is 0 Å². The first-order valence-electron chi connectivity index (χ1n) is 8.18. The fourth-order valence-electron chi connectivity index (χ4n) is 3.90. The highest BCUT2D eigenvalue weighted by atomic mass is 16.5. The van der Waals surface area contributed by atoms with Crippen molar-refractivity contribution >= 4 is 11.9 Å². The molecule has 1 N–H and O–H groups in total. The zero-order valence-corrected chi connectivity index (χ0v) is 13.4. The fourth-order valence-corrected chi connectivity index (χ4v) is 3.90. The Morgan fingerprint density at radius 2 is 2.00 bits per heavy atom. The van der Waals surface area contributed by atoms with E-state index in [1.54, 1.807) is 0 Å². The second-order valence-electron chi connectivity index (χ2n) is 6.59. The fraction of sp³-hybridized carbons (Fsp3) is 0.556. The molecule has 1 aliphatic carbocycles. The monoisotopic (exact) mass is 317 g/mol. The maximum absolute atomic E-state index is 13.2.